The summed E-state index contributed by atoms with van der Waals surface area (Å²) >= 11 is 0. The van der Waals surface area contributed by atoms with Crippen molar-refractivity contribution in [3.63, 3.8) is 0 Å². The standard InChI is InChI=1S/C14H26N2O4/c1-3-14(12(17)18)7-5-9-16(11-14)13(19)15-8-6-10-20-4-2/h3-11H2,1-2H3,(H,15,19)(H,17,18). The zero-order valence-corrected chi connectivity index (χ0v) is 12.5. The van der Waals surface area contributed by atoms with Gasteiger partial charge < -0.3 is 20.1 Å². The average molecular weight is 286 g/mol. The fraction of sp³-hybridized carbons (Fsp3) is 0.857. The van der Waals surface area contributed by atoms with Gasteiger partial charge in [0.05, 0.1) is 5.41 Å². The molecule has 1 aliphatic heterocycles. The maximum atomic E-state index is 12.0. The lowest BCUT2D eigenvalue weighted by molar-refractivity contribution is -0.152. The second kappa shape index (κ2) is 8.09. The van der Waals surface area contributed by atoms with Gasteiger partial charge in [-0.05, 0) is 32.6 Å². The number of carbonyl (C=O) groups is 2. The Morgan fingerprint density at radius 1 is 1.40 bits per heavy atom. The van der Waals surface area contributed by atoms with Crippen LogP contribution in [0.15, 0.2) is 0 Å². The number of ether oxygens (including phenoxy) is 1. The number of nitrogens with zero attached hydrogens (tertiary/aromatic N) is 1. The van der Waals surface area contributed by atoms with Gasteiger partial charge in [-0.1, -0.05) is 6.92 Å². The molecule has 0 spiro atoms. The van der Waals surface area contributed by atoms with Crippen molar-refractivity contribution in [2.75, 3.05) is 32.8 Å². The molecule has 1 heterocycles. The van der Waals surface area contributed by atoms with Crippen LogP contribution in [0, 0.1) is 5.41 Å². The van der Waals surface area contributed by atoms with Gasteiger partial charge in [0.25, 0.3) is 0 Å². The molecule has 1 fully saturated rings. The molecule has 0 aromatic heterocycles. The Bertz CT molecular complexity index is 335. The van der Waals surface area contributed by atoms with Crippen molar-refractivity contribution in [3.05, 3.63) is 0 Å². The number of carboxylic acids is 1. The molecule has 1 saturated heterocycles. The highest BCUT2D eigenvalue weighted by Gasteiger charge is 2.42. The van der Waals surface area contributed by atoms with Crippen molar-refractivity contribution in [2.45, 2.75) is 39.5 Å². The van der Waals surface area contributed by atoms with Gasteiger partial charge in [-0.25, -0.2) is 4.79 Å². The summed E-state index contributed by atoms with van der Waals surface area (Å²) in [6.07, 6.45) is 2.71. The predicted molar refractivity (Wildman–Crippen MR) is 75.7 cm³/mol. The van der Waals surface area contributed by atoms with Crippen LogP contribution in [-0.2, 0) is 9.53 Å². The van der Waals surface area contributed by atoms with E-state index in [1.807, 2.05) is 13.8 Å². The summed E-state index contributed by atoms with van der Waals surface area (Å²) in [6, 6.07) is -0.166. The van der Waals surface area contributed by atoms with E-state index < -0.39 is 11.4 Å². The summed E-state index contributed by atoms with van der Waals surface area (Å²) in [5.74, 6) is -0.797. The zero-order valence-electron chi connectivity index (χ0n) is 12.5. The maximum Gasteiger partial charge on any atom is 0.317 e. The molecule has 1 rings (SSSR count). The number of likely N-dealkylation sites (tertiary alicyclic amines) is 1. The minimum absolute atomic E-state index is 0.166. The fourth-order valence-electron chi connectivity index (χ4n) is 2.55. The van der Waals surface area contributed by atoms with Gasteiger partial charge in [-0.15, -0.1) is 0 Å². The third kappa shape index (κ3) is 4.37. The number of aliphatic carboxylic acids is 1. The first-order chi connectivity index (χ1) is 9.55. The first-order valence-electron chi connectivity index (χ1n) is 7.39. The Balaban J connectivity index is 2.42. The molecule has 1 aliphatic rings. The minimum Gasteiger partial charge on any atom is -0.481 e. The molecule has 2 N–H and O–H groups in total. The highest BCUT2D eigenvalue weighted by Crippen LogP contribution is 2.33. The molecular formula is C14H26N2O4. The first-order valence-corrected chi connectivity index (χ1v) is 7.39. The number of hydrogen-bond acceptors (Lipinski definition) is 3. The molecule has 1 unspecified atom stereocenters. The van der Waals surface area contributed by atoms with E-state index in [-0.39, 0.29) is 6.03 Å². The number of amides is 2. The molecule has 116 valence electrons. The van der Waals surface area contributed by atoms with Crippen LogP contribution in [0.25, 0.3) is 0 Å². The number of urea groups is 1. The second-order valence-electron chi connectivity index (χ2n) is 5.25. The van der Waals surface area contributed by atoms with Crippen LogP contribution in [-0.4, -0.2) is 54.9 Å². The Kier molecular flexibility index (Phi) is 6.78. The van der Waals surface area contributed by atoms with Crippen LogP contribution in [0.1, 0.15) is 39.5 Å². The molecule has 6 heteroatoms. The summed E-state index contributed by atoms with van der Waals surface area (Å²) in [4.78, 5) is 25.1. The van der Waals surface area contributed by atoms with Crippen molar-refractivity contribution in [2.24, 2.45) is 5.41 Å². The molecule has 0 radical (unpaired) electrons. The van der Waals surface area contributed by atoms with E-state index in [1.165, 1.54) is 0 Å². The molecular weight excluding hydrogens is 260 g/mol. The molecule has 0 aliphatic carbocycles. The van der Waals surface area contributed by atoms with Crippen molar-refractivity contribution in [1.82, 2.24) is 10.2 Å². The Labute approximate surface area is 120 Å². The van der Waals surface area contributed by atoms with Gasteiger partial charge in [-0.2, -0.15) is 0 Å². The van der Waals surface area contributed by atoms with Gasteiger partial charge >= 0.3 is 12.0 Å². The lowest BCUT2D eigenvalue weighted by atomic mass is 9.78. The van der Waals surface area contributed by atoms with E-state index in [0.717, 1.165) is 12.8 Å². The summed E-state index contributed by atoms with van der Waals surface area (Å²) < 4.78 is 5.20. The van der Waals surface area contributed by atoms with Gasteiger partial charge in [0.15, 0.2) is 0 Å². The number of rotatable bonds is 7. The van der Waals surface area contributed by atoms with Crippen molar-refractivity contribution >= 4 is 12.0 Å². The Morgan fingerprint density at radius 2 is 2.15 bits per heavy atom. The molecule has 0 saturated carbocycles. The van der Waals surface area contributed by atoms with Crippen molar-refractivity contribution in [1.29, 1.82) is 0 Å². The maximum absolute atomic E-state index is 12.0. The van der Waals surface area contributed by atoms with Gasteiger partial charge in [0.1, 0.15) is 0 Å². The second-order valence-corrected chi connectivity index (χ2v) is 5.25. The number of carbonyl (C=O) groups excluding carboxylic acids is 1. The monoisotopic (exact) mass is 286 g/mol. The minimum atomic E-state index is -0.797. The van der Waals surface area contributed by atoms with E-state index in [4.69, 9.17) is 4.74 Å². The van der Waals surface area contributed by atoms with E-state index in [2.05, 4.69) is 5.32 Å². The lowest BCUT2D eigenvalue weighted by Gasteiger charge is -2.39. The molecule has 0 bridgehead atoms. The van der Waals surface area contributed by atoms with Gasteiger partial charge in [0.2, 0.25) is 0 Å². The third-order valence-corrected chi connectivity index (χ3v) is 3.94. The quantitative estimate of drug-likeness (QED) is 0.698. The van der Waals surface area contributed by atoms with Crippen LogP contribution < -0.4 is 5.32 Å². The van der Waals surface area contributed by atoms with E-state index in [1.54, 1.807) is 4.90 Å². The SMILES string of the molecule is CCOCCCNC(=O)N1CCCC(CC)(C(=O)O)C1. The van der Waals surface area contributed by atoms with Crippen LogP contribution in [0.2, 0.25) is 0 Å². The molecule has 6 nitrogen and oxygen atoms in total. The summed E-state index contributed by atoms with van der Waals surface area (Å²) in [5.41, 5.74) is -0.777. The Hall–Kier alpha value is -1.30. The summed E-state index contributed by atoms with van der Waals surface area (Å²) in [5, 5.41) is 12.2. The average Bonchev–Trinajstić information content (AvgIpc) is 2.46. The van der Waals surface area contributed by atoms with E-state index in [9.17, 15) is 14.7 Å². The zero-order chi connectivity index (χ0) is 15.0. The van der Waals surface area contributed by atoms with E-state index >= 15 is 0 Å². The van der Waals surface area contributed by atoms with E-state index in [0.29, 0.717) is 45.7 Å². The molecule has 1 atom stereocenters. The summed E-state index contributed by atoms with van der Waals surface area (Å²) in [7, 11) is 0. The highest BCUT2D eigenvalue weighted by atomic mass is 16.5. The first kappa shape index (κ1) is 16.8. The number of piperidine rings is 1. The molecule has 0 aromatic rings. The lowest BCUT2D eigenvalue weighted by Crippen LogP contribution is -2.52. The van der Waals surface area contributed by atoms with Crippen LogP contribution >= 0.6 is 0 Å². The number of nitrogens with one attached hydrogen (secondary N) is 1. The van der Waals surface area contributed by atoms with Crippen LogP contribution in [0.5, 0.6) is 0 Å². The van der Waals surface area contributed by atoms with Crippen molar-refractivity contribution in [3.8, 4) is 0 Å². The molecule has 0 aromatic carbocycles. The Morgan fingerprint density at radius 3 is 2.75 bits per heavy atom. The molecule has 20 heavy (non-hydrogen) atoms. The largest absolute Gasteiger partial charge is 0.481 e. The fourth-order valence-corrected chi connectivity index (χ4v) is 2.55. The predicted octanol–water partition coefficient (Wildman–Crippen LogP) is 1.70. The highest BCUT2D eigenvalue weighted by molar-refractivity contribution is 5.78. The van der Waals surface area contributed by atoms with Gasteiger partial charge in [0, 0.05) is 32.8 Å². The van der Waals surface area contributed by atoms with Gasteiger partial charge in [-0.3, -0.25) is 4.79 Å². The van der Waals surface area contributed by atoms with Crippen LogP contribution in [0.4, 0.5) is 4.79 Å². The topological polar surface area (TPSA) is 78.9 Å². The molecule has 2 amide bonds. The smallest absolute Gasteiger partial charge is 0.317 e. The number of hydrogen-bond donors (Lipinski definition) is 2. The number of carboxylic acid groups (broad SMARTS) is 1. The third-order valence-electron chi connectivity index (χ3n) is 3.94. The van der Waals surface area contributed by atoms with Crippen LogP contribution in [0.3, 0.4) is 0 Å². The summed E-state index contributed by atoms with van der Waals surface area (Å²) in [6.45, 7) is 6.60. The normalized spacial score (nSPS) is 22.6. The van der Waals surface area contributed by atoms with Crippen molar-refractivity contribution < 1.29 is 19.4 Å².